The Morgan fingerprint density at radius 2 is 2.00 bits per heavy atom. The van der Waals surface area contributed by atoms with E-state index in [4.69, 9.17) is 21.1 Å². The summed E-state index contributed by atoms with van der Waals surface area (Å²) in [5.74, 6) is 0.153. The number of rotatable bonds is 5. The van der Waals surface area contributed by atoms with Crippen LogP contribution in [0.4, 0.5) is 5.00 Å². The van der Waals surface area contributed by atoms with Crippen LogP contribution in [0.1, 0.15) is 39.2 Å². The normalized spacial score (nSPS) is 16.1. The van der Waals surface area contributed by atoms with Crippen LogP contribution in [0.5, 0.6) is 5.75 Å². The first kappa shape index (κ1) is 21.2. The molecule has 2 aromatic rings. The van der Waals surface area contributed by atoms with Gasteiger partial charge in [0.1, 0.15) is 10.8 Å². The molecule has 2 aliphatic rings. The number of morpholine rings is 1. The number of hydrogen-bond acceptors (Lipinski definition) is 5. The number of hydrogen-bond donors (Lipinski definition) is 1. The molecule has 8 heteroatoms. The number of benzene rings is 1. The van der Waals surface area contributed by atoms with E-state index in [0.29, 0.717) is 47.6 Å². The Hall–Kier alpha value is -2.09. The lowest BCUT2D eigenvalue weighted by molar-refractivity contribution is -0.118. The van der Waals surface area contributed by atoms with Crippen molar-refractivity contribution >= 4 is 39.8 Å². The average Bonchev–Trinajstić information content (AvgIpc) is 3.12. The molecule has 4 rings (SSSR count). The minimum atomic E-state index is -0.304. The first-order valence-electron chi connectivity index (χ1n) is 10.2. The van der Waals surface area contributed by atoms with E-state index in [9.17, 15) is 9.59 Å². The quantitative estimate of drug-likeness (QED) is 0.748. The predicted octanol–water partition coefficient (Wildman–Crippen LogP) is 4.08. The van der Waals surface area contributed by atoms with Gasteiger partial charge in [-0.3, -0.25) is 9.59 Å². The van der Waals surface area contributed by atoms with Gasteiger partial charge in [0.25, 0.3) is 11.8 Å². The molecule has 2 heterocycles. The van der Waals surface area contributed by atoms with Crippen molar-refractivity contribution in [2.75, 3.05) is 38.2 Å². The lowest BCUT2D eigenvalue weighted by Crippen LogP contribution is -2.41. The Bertz CT molecular complexity index is 953. The van der Waals surface area contributed by atoms with Crippen molar-refractivity contribution in [3.8, 4) is 5.75 Å². The summed E-state index contributed by atoms with van der Waals surface area (Å²) in [6, 6.07) is 5.43. The number of amides is 2. The van der Waals surface area contributed by atoms with Gasteiger partial charge >= 0.3 is 0 Å². The summed E-state index contributed by atoms with van der Waals surface area (Å²) in [7, 11) is 0. The largest absolute Gasteiger partial charge is 0.482 e. The summed E-state index contributed by atoms with van der Waals surface area (Å²) in [5.41, 5.74) is 2.75. The van der Waals surface area contributed by atoms with Crippen LogP contribution in [0.2, 0.25) is 5.02 Å². The van der Waals surface area contributed by atoms with Gasteiger partial charge < -0.3 is 19.7 Å². The highest BCUT2D eigenvalue weighted by Gasteiger charge is 2.30. The molecular formula is C22H25ClN2O4S. The van der Waals surface area contributed by atoms with Crippen LogP contribution < -0.4 is 10.1 Å². The van der Waals surface area contributed by atoms with Gasteiger partial charge in [0.05, 0.1) is 23.8 Å². The summed E-state index contributed by atoms with van der Waals surface area (Å²) in [4.78, 5) is 28.9. The average molecular weight is 449 g/mol. The zero-order valence-electron chi connectivity index (χ0n) is 17.0. The van der Waals surface area contributed by atoms with E-state index in [1.54, 1.807) is 12.1 Å². The molecule has 1 aliphatic carbocycles. The molecule has 0 radical (unpaired) electrons. The summed E-state index contributed by atoms with van der Waals surface area (Å²) >= 11 is 7.66. The third-order valence-corrected chi connectivity index (χ3v) is 6.90. The van der Waals surface area contributed by atoms with E-state index < -0.39 is 0 Å². The lowest BCUT2D eigenvalue weighted by atomic mass is 9.95. The van der Waals surface area contributed by atoms with Crippen molar-refractivity contribution in [2.45, 2.75) is 32.6 Å². The van der Waals surface area contributed by atoms with E-state index in [1.165, 1.54) is 16.2 Å². The summed E-state index contributed by atoms with van der Waals surface area (Å²) in [5, 5.41) is 4.01. The molecule has 1 saturated heterocycles. The molecule has 0 bridgehead atoms. The van der Waals surface area contributed by atoms with Crippen molar-refractivity contribution in [2.24, 2.45) is 0 Å². The monoisotopic (exact) mass is 448 g/mol. The maximum absolute atomic E-state index is 13.3. The predicted molar refractivity (Wildman–Crippen MR) is 118 cm³/mol. The standard InChI is InChI=1S/C22H25ClN2O4S/c1-14-6-7-16(23)17(12-14)29-13-19(26)24-21-20(15-4-2-3-5-18(15)30-21)22(27)25-8-10-28-11-9-25/h6-7,12H,2-5,8-11,13H2,1H3,(H,24,26). The second-order valence-corrected chi connectivity index (χ2v) is 9.10. The molecule has 1 N–H and O–H groups in total. The first-order chi connectivity index (χ1) is 14.5. The number of anilines is 1. The van der Waals surface area contributed by atoms with Crippen LogP contribution in [-0.2, 0) is 22.4 Å². The number of aryl methyl sites for hydroxylation is 2. The zero-order chi connectivity index (χ0) is 21.1. The third-order valence-electron chi connectivity index (χ3n) is 5.38. The molecule has 1 aromatic heterocycles. The maximum Gasteiger partial charge on any atom is 0.262 e. The van der Waals surface area contributed by atoms with Crippen molar-refractivity contribution in [3.05, 3.63) is 44.8 Å². The number of thiophene rings is 1. The number of halogens is 1. The molecule has 0 saturated carbocycles. The molecule has 6 nitrogen and oxygen atoms in total. The number of nitrogens with zero attached hydrogens (tertiary/aromatic N) is 1. The van der Waals surface area contributed by atoms with Crippen LogP contribution in [0.3, 0.4) is 0 Å². The van der Waals surface area contributed by atoms with E-state index in [1.807, 2.05) is 17.9 Å². The summed E-state index contributed by atoms with van der Waals surface area (Å²) in [6.07, 6.45) is 4.01. The molecule has 1 fully saturated rings. The van der Waals surface area contributed by atoms with Gasteiger partial charge in [-0.25, -0.2) is 0 Å². The fourth-order valence-corrected chi connectivity index (χ4v) is 5.30. The van der Waals surface area contributed by atoms with Gasteiger partial charge in [0.2, 0.25) is 0 Å². The van der Waals surface area contributed by atoms with E-state index in [0.717, 1.165) is 36.8 Å². The number of ether oxygens (including phenoxy) is 2. The molecule has 1 aromatic carbocycles. The smallest absolute Gasteiger partial charge is 0.262 e. The second kappa shape index (κ2) is 9.37. The van der Waals surface area contributed by atoms with Gasteiger partial charge in [0, 0.05) is 18.0 Å². The number of nitrogens with one attached hydrogen (secondary N) is 1. The van der Waals surface area contributed by atoms with E-state index >= 15 is 0 Å². The lowest BCUT2D eigenvalue weighted by Gasteiger charge is -2.27. The Morgan fingerprint density at radius 1 is 1.23 bits per heavy atom. The minimum absolute atomic E-state index is 0.0179. The van der Waals surface area contributed by atoms with Crippen LogP contribution in [0, 0.1) is 6.92 Å². The number of fused-ring (bicyclic) bond motifs is 1. The second-order valence-electron chi connectivity index (χ2n) is 7.59. The minimum Gasteiger partial charge on any atom is -0.482 e. The molecule has 30 heavy (non-hydrogen) atoms. The van der Waals surface area contributed by atoms with Crippen LogP contribution in [0.25, 0.3) is 0 Å². The van der Waals surface area contributed by atoms with Gasteiger partial charge in [-0.05, 0) is 55.9 Å². The molecule has 160 valence electrons. The highest BCUT2D eigenvalue weighted by Crippen LogP contribution is 2.39. The Morgan fingerprint density at radius 3 is 2.80 bits per heavy atom. The molecule has 2 amide bonds. The topological polar surface area (TPSA) is 67.9 Å². The first-order valence-corrected chi connectivity index (χ1v) is 11.4. The number of carbonyl (C=O) groups is 2. The highest BCUT2D eigenvalue weighted by atomic mass is 35.5. The van der Waals surface area contributed by atoms with Crippen LogP contribution in [-0.4, -0.2) is 49.6 Å². The summed E-state index contributed by atoms with van der Waals surface area (Å²) in [6.45, 7) is 4.01. The molecular weight excluding hydrogens is 424 g/mol. The number of carbonyl (C=O) groups excluding carboxylic acids is 2. The van der Waals surface area contributed by atoms with Crippen LogP contribution >= 0.6 is 22.9 Å². The van der Waals surface area contributed by atoms with Gasteiger partial charge in [0.15, 0.2) is 6.61 Å². The molecule has 0 spiro atoms. The van der Waals surface area contributed by atoms with Gasteiger partial charge in [-0.1, -0.05) is 17.7 Å². The van der Waals surface area contributed by atoms with Gasteiger partial charge in [-0.15, -0.1) is 11.3 Å². The van der Waals surface area contributed by atoms with E-state index in [-0.39, 0.29) is 18.4 Å². The zero-order valence-corrected chi connectivity index (χ0v) is 18.5. The van der Waals surface area contributed by atoms with Gasteiger partial charge in [-0.2, -0.15) is 0 Å². The SMILES string of the molecule is Cc1ccc(Cl)c(OCC(=O)Nc2sc3c(c2C(=O)N2CCOCC2)CCCC3)c1. The Labute approximate surface area is 185 Å². The Balaban J connectivity index is 1.51. The van der Waals surface area contributed by atoms with Crippen molar-refractivity contribution in [1.29, 1.82) is 0 Å². The van der Waals surface area contributed by atoms with Crippen molar-refractivity contribution < 1.29 is 19.1 Å². The Kier molecular flexibility index (Phi) is 6.61. The summed E-state index contributed by atoms with van der Waals surface area (Å²) < 4.78 is 11.0. The molecule has 0 unspecified atom stereocenters. The van der Waals surface area contributed by atoms with Crippen molar-refractivity contribution in [1.82, 2.24) is 4.90 Å². The van der Waals surface area contributed by atoms with Crippen LogP contribution in [0.15, 0.2) is 18.2 Å². The molecule has 1 aliphatic heterocycles. The highest BCUT2D eigenvalue weighted by molar-refractivity contribution is 7.17. The fraction of sp³-hybridized carbons (Fsp3) is 0.455. The maximum atomic E-state index is 13.3. The van der Waals surface area contributed by atoms with Crippen molar-refractivity contribution in [3.63, 3.8) is 0 Å². The third kappa shape index (κ3) is 4.63. The van der Waals surface area contributed by atoms with E-state index in [2.05, 4.69) is 5.32 Å². The molecule has 0 atom stereocenters. The fourth-order valence-electron chi connectivity index (χ4n) is 3.83.